The summed E-state index contributed by atoms with van der Waals surface area (Å²) in [6.45, 7) is 4.29. The number of ether oxygens (including phenoxy) is 1. The van der Waals surface area contributed by atoms with Crippen LogP contribution in [-0.4, -0.2) is 29.7 Å². The molecule has 1 aromatic heterocycles. The zero-order valence-corrected chi connectivity index (χ0v) is 11.8. The average Bonchev–Trinajstić information content (AvgIpc) is 2.97. The Morgan fingerprint density at radius 2 is 2.33 bits per heavy atom. The summed E-state index contributed by atoms with van der Waals surface area (Å²) in [4.78, 5) is 14.9. The standard InChI is InChI=1S/C15H17N3O3/c1-10-6-12-13(8-16-10)15(18(19)20)3-2-14(12)17-7-11-4-5-21-9-11/h2-3,6,8,11,17H,4-5,7,9H2,1H3. The summed E-state index contributed by atoms with van der Waals surface area (Å²) < 4.78 is 5.36. The van der Waals surface area contributed by atoms with Crippen LogP contribution in [0.2, 0.25) is 0 Å². The normalized spacial score (nSPS) is 18.0. The largest absolute Gasteiger partial charge is 0.384 e. The van der Waals surface area contributed by atoms with Crippen LogP contribution in [0.1, 0.15) is 12.1 Å². The van der Waals surface area contributed by atoms with Crippen LogP contribution in [0.4, 0.5) is 11.4 Å². The Balaban J connectivity index is 1.96. The maximum Gasteiger partial charge on any atom is 0.278 e. The molecule has 1 aliphatic rings. The Bertz CT molecular complexity index is 681. The molecule has 1 unspecified atom stereocenters. The molecular weight excluding hydrogens is 270 g/mol. The molecule has 1 saturated heterocycles. The molecule has 6 nitrogen and oxygen atoms in total. The molecule has 1 N–H and O–H groups in total. The zero-order valence-electron chi connectivity index (χ0n) is 11.8. The number of anilines is 1. The van der Waals surface area contributed by atoms with Gasteiger partial charge in [-0.1, -0.05) is 0 Å². The number of nitro groups is 1. The number of rotatable bonds is 4. The van der Waals surface area contributed by atoms with Gasteiger partial charge in [0.1, 0.15) is 0 Å². The molecule has 21 heavy (non-hydrogen) atoms. The molecule has 0 aliphatic carbocycles. The fraction of sp³-hybridized carbons (Fsp3) is 0.400. The summed E-state index contributed by atoms with van der Waals surface area (Å²) in [5.41, 5.74) is 1.84. The van der Waals surface area contributed by atoms with Crippen LogP contribution in [0.25, 0.3) is 10.8 Å². The van der Waals surface area contributed by atoms with Gasteiger partial charge in [-0.05, 0) is 25.5 Å². The Labute approximate surface area is 122 Å². The van der Waals surface area contributed by atoms with Crippen molar-refractivity contribution < 1.29 is 9.66 Å². The Kier molecular flexibility index (Phi) is 3.70. The third-order valence-corrected chi connectivity index (χ3v) is 3.82. The van der Waals surface area contributed by atoms with Crippen LogP contribution in [0, 0.1) is 23.0 Å². The number of aryl methyl sites for hydroxylation is 1. The second kappa shape index (κ2) is 5.65. The minimum Gasteiger partial charge on any atom is -0.384 e. The van der Waals surface area contributed by atoms with Gasteiger partial charge in [0.15, 0.2) is 0 Å². The highest BCUT2D eigenvalue weighted by Gasteiger charge is 2.18. The zero-order chi connectivity index (χ0) is 14.8. The lowest BCUT2D eigenvalue weighted by atomic mass is 10.1. The number of nitrogens with one attached hydrogen (secondary N) is 1. The van der Waals surface area contributed by atoms with Crippen LogP contribution in [0.3, 0.4) is 0 Å². The van der Waals surface area contributed by atoms with Crippen LogP contribution >= 0.6 is 0 Å². The highest BCUT2D eigenvalue weighted by atomic mass is 16.6. The summed E-state index contributed by atoms with van der Waals surface area (Å²) in [6, 6.07) is 5.19. The van der Waals surface area contributed by atoms with Gasteiger partial charge in [0, 0.05) is 48.1 Å². The lowest BCUT2D eigenvalue weighted by Gasteiger charge is -2.13. The highest BCUT2D eigenvalue weighted by molar-refractivity contribution is 5.99. The van der Waals surface area contributed by atoms with Crippen molar-refractivity contribution >= 4 is 22.1 Å². The van der Waals surface area contributed by atoms with Gasteiger partial charge in [-0.2, -0.15) is 0 Å². The van der Waals surface area contributed by atoms with E-state index in [0.29, 0.717) is 11.3 Å². The van der Waals surface area contributed by atoms with E-state index in [4.69, 9.17) is 4.74 Å². The molecule has 2 heterocycles. The topological polar surface area (TPSA) is 77.3 Å². The molecule has 6 heteroatoms. The second-order valence-corrected chi connectivity index (χ2v) is 5.37. The molecule has 0 saturated carbocycles. The number of pyridine rings is 1. The fourth-order valence-electron chi connectivity index (χ4n) is 2.64. The molecule has 0 amide bonds. The lowest BCUT2D eigenvalue weighted by Crippen LogP contribution is -2.14. The summed E-state index contributed by atoms with van der Waals surface area (Å²) in [6.07, 6.45) is 2.63. The molecule has 110 valence electrons. The quantitative estimate of drug-likeness (QED) is 0.691. The van der Waals surface area contributed by atoms with E-state index in [1.165, 1.54) is 6.07 Å². The van der Waals surface area contributed by atoms with Crippen LogP contribution in [0.5, 0.6) is 0 Å². The van der Waals surface area contributed by atoms with Crippen molar-refractivity contribution in [1.82, 2.24) is 4.98 Å². The maximum atomic E-state index is 11.1. The molecule has 3 rings (SSSR count). The number of hydrogen-bond donors (Lipinski definition) is 1. The van der Waals surface area contributed by atoms with Crippen molar-refractivity contribution in [2.24, 2.45) is 5.92 Å². The number of aromatic nitrogens is 1. The number of benzene rings is 1. The molecule has 0 spiro atoms. The lowest BCUT2D eigenvalue weighted by molar-refractivity contribution is -0.383. The molecular formula is C15H17N3O3. The van der Waals surface area contributed by atoms with E-state index in [0.717, 1.165) is 42.9 Å². The number of hydrogen-bond acceptors (Lipinski definition) is 5. The van der Waals surface area contributed by atoms with Gasteiger partial charge in [0.25, 0.3) is 5.69 Å². The average molecular weight is 287 g/mol. The first-order valence-electron chi connectivity index (χ1n) is 7.00. The van der Waals surface area contributed by atoms with Crippen molar-refractivity contribution in [3.8, 4) is 0 Å². The smallest absolute Gasteiger partial charge is 0.278 e. The SMILES string of the molecule is Cc1cc2c(NCC3CCOC3)ccc([N+](=O)[O-])c2cn1. The predicted molar refractivity (Wildman–Crippen MR) is 80.6 cm³/mol. The van der Waals surface area contributed by atoms with Crippen molar-refractivity contribution in [2.45, 2.75) is 13.3 Å². The predicted octanol–water partition coefficient (Wildman–Crippen LogP) is 2.90. The van der Waals surface area contributed by atoms with E-state index >= 15 is 0 Å². The summed E-state index contributed by atoms with van der Waals surface area (Å²) in [5, 5.41) is 15.9. The number of non-ortho nitro benzene ring substituents is 1. The molecule has 1 atom stereocenters. The van der Waals surface area contributed by atoms with Gasteiger partial charge in [-0.3, -0.25) is 15.1 Å². The fourth-order valence-corrected chi connectivity index (χ4v) is 2.64. The molecule has 0 radical (unpaired) electrons. The van der Waals surface area contributed by atoms with Gasteiger partial charge in [-0.25, -0.2) is 0 Å². The Morgan fingerprint density at radius 3 is 3.05 bits per heavy atom. The van der Waals surface area contributed by atoms with Crippen molar-refractivity contribution in [3.63, 3.8) is 0 Å². The first kappa shape index (κ1) is 13.8. The number of fused-ring (bicyclic) bond motifs is 1. The van der Waals surface area contributed by atoms with Crippen molar-refractivity contribution in [1.29, 1.82) is 0 Å². The first-order valence-corrected chi connectivity index (χ1v) is 7.00. The van der Waals surface area contributed by atoms with E-state index in [9.17, 15) is 10.1 Å². The van der Waals surface area contributed by atoms with E-state index < -0.39 is 0 Å². The van der Waals surface area contributed by atoms with Crippen LogP contribution in [0.15, 0.2) is 24.4 Å². The molecule has 2 aromatic rings. The Hall–Kier alpha value is -2.21. The minimum atomic E-state index is -0.367. The van der Waals surface area contributed by atoms with E-state index in [1.807, 2.05) is 13.0 Å². The van der Waals surface area contributed by atoms with Gasteiger partial charge < -0.3 is 10.1 Å². The Morgan fingerprint density at radius 1 is 1.48 bits per heavy atom. The van der Waals surface area contributed by atoms with E-state index in [1.54, 1.807) is 12.3 Å². The van der Waals surface area contributed by atoms with Crippen molar-refractivity contribution in [3.05, 3.63) is 40.2 Å². The highest BCUT2D eigenvalue weighted by Crippen LogP contribution is 2.31. The maximum absolute atomic E-state index is 11.1. The summed E-state index contributed by atoms with van der Waals surface area (Å²) in [7, 11) is 0. The number of nitrogens with zero attached hydrogens (tertiary/aromatic N) is 2. The van der Waals surface area contributed by atoms with E-state index in [-0.39, 0.29) is 10.6 Å². The van der Waals surface area contributed by atoms with Crippen LogP contribution < -0.4 is 5.32 Å². The molecule has 1 aliphatic heterocycles. The van der Waals surface area contributed by atoms with Crippen molar-refractivity contribution in [2.75, 3.05) is 25.1 Å². The molecule has 1 aromatic carbocycles. The van der Waals surface area contributed by atoms with E-state index in [2.05, 4.69) is 10.3 Å². The monoisotopic (exact) mass is 287 g/mol. The minimum absolute atomic E-state index is 0.0900. The van der Waals surface area contributed by atoms with Gasteiger partial charge >= 0.3 is 0 Å². The van der Waals surface area contributed by atoms with Gasteiger partial charge in [-0.15, -0.1) is 0 Å². The third kappa shape index (κ3) is 2.80. The molecule has 1 fully saturated rings. The van der Waals surface area contributed by atoms with Gasteiger partial charge in [0.05, 0.1) is 16.9 Å². The molecule has 0 bridgehead atoms. The van der Waals surface area contributed by atoms with Gasteiger partial charge in [0.2, 0.25) is 0 Å². The number of nitro benzene ring substituents is 1. The summed E-state index contributed by atoms with van der Waals surface area (Å²) >= 11 is 0. The van der Waals surface area contributed by atoms with Crippen LogP contribution in [-0.2, 0) is 4.74 Å². The summed E-state index contributed by atoms with van der Waals surface area (Å²) in [5.74, 6) is 0.498. The second-order valence-electron chi connectivity index (χ2n) is 5.37. The first-order chi connectivity index (χ1) is 10.1. The third-order valence-electron chi connectivity index (χ3n) is 3.82.